The normalized spacial score (nSPS) is 32.7. The van der Waals surface area contributed by atoms with Crippen LogP contribution in [0.1, 0.15) is 6.23 Å². The van der Waals surface area contributed by atoms with E-state index in [-0.39, 0.29) is 12.1 Å². The molecule has 2 aromatic rings. The van der Waals surface area contributed by atoms with Crippen LogP contribution in [0.25, 0.3) is 11.2 Å². The molecule has 9 nitrogen and oxygen atoms in total. The van der Waals surface area contributed by atoms with Crippen molar-refractivity contribution in [1.82, 2.24) is 19.1 Å². The highest BCUT2D eigenvalue weighted by atomic mass is 16.6. The molecule has 2 aliphatic heterocycles. The van der Waals surface area contributed by atoms with E-state index in [4.69, 9.17) is 4.74 Å². The van der Waals surface area contributed by atoms with E-state index >= 15 is 0 Å². The summed E-state index contributed by atoms with van der Waals surface area (Å²) in [5, 5.41) is 19.8. The zero-order valence-electron chi connectivity index (χ0n) is 9.55. The van der Waals surface area contributed by atoms with Gasteiger partial charge in [0.15, 0.2) is 17.4 Å². The van der Waals surface area contributed by atoms with E-state index in [1.54, 1.807) is 0 Å². The predicted molar refractivity (Wildman–Crippen MR) is 60.5 cm³/mol. The van der Waals surface area contributed by atoms with Gasteiger partial charge in [-0.1, -0.05) is 0 Å². The third-order valence-electron chi connectivity index (χ3n) is 3.68. The van der Waals surface area contributed by atoms with E-state index in [9.17, 15) is 19.8 Å². The second kappa shape index (κ2) is 3.32. The molecule has 1 fully saturated rings. The topological polar surface area (TPSA) is 122 Å². The maximum absolute atomic E-state index is 11.9. The molecule has 2 aliphatic rings. The SMILES string of the molecule is O=c1[nH]c(=O)n2c3c1ncn3C1O[C@H](C2)C(O)[C@H]1O. The van der Waals surface area contributed by atoms with Crippen molar-refractivity contribution < 1.29 is 14.9 Å². The molecule has 0 aliphatic carbocycles. The second-order valence-electron chi connectivity index (χ2n) is 4.74. The highest BCUT2D eigenvalue weighted by Crippen LogP contribution is 2.34. The minimum absolute atomic E-state index is 0.0481. The van der Waals surface area contributed by atoms with Crippen molar-refractivity contribution >= 4 is 11.2 Å². The Kier molecular flexibility index (Phi) is 1.91. The van der Waals surface area contributed by atoms with Gasteiger partial charge < -0.3 is 14.9 Å². The summed E-state index contributed by atoms with van der Waals surface area (Å²) in [5.74, 6) is 0. The van der Waals surface area contributed by atoms with E-state index in [0.717, 1.165) is 0 Å². The maximum atomic E-state index is 11.9. The monoisotopic (exact) mass is 266 g/mol. The molecule has 2 unspecified atom stereocenters. The first-order chi connectivity index (χ1) is 9.08. The van der Waals surface area contributed by atoms with Gasteiger partial charge in [-0.3, -0.25) is 18.9 Å². The van der Waals surface area contributed by atoms with Gasteiger partial charge in [-0.15, -0.1) is 0 Å². The van der Waals surface area contributed by atoms with Crippen molar-refractivity contribution in [2.24, 2.45) is 0 Å². The molecule has 4 atom stereocenters. The first-order valence-electron chi connectivity index (χ1n) is 5.79. The van der Waals surface area contributed by atoms with Crippen LogP contribution in [0.2, 0.25) is 0 Å². The molecule has 19 heavy (non-hydrogen) atoms. The number of nitrogens with one attached hydrogen (secondary N) is 1. The molecule has 0 amide bonds. The summed E-state index contributed by atoms with van der Waals surface area (Å²) in [6.07, 6.45) is -2.43. The summed E-state index contributed by atoms with van der Waals surface area (Å²) in [5.41, 5.74) is -0.760. The Morgan fingerprint density at radius 1 is 1.37 bits per heavy atom. The van der Waals surface area contributed by atoms with Gasteiger partial charge in [-0.2, -0.15) is 0 Å². The standard InChI is InChI=1S/C10H10N4O5/c15-5-3-1-13-8-4(7(17)12-10(13)18)11-2-14(8)9(19-3)6(5)16/h2-3,5-6,9,15-16H,1H2,(H,12,17,18)/t3-,5?,6-,9?/m1/s1. The van der Waals surface area contributed by atoms with Gasteiger partial charge in [0, 0.05) is 0 Å². The number of hydrogen-bond acceptors (Lipinski definition) is 6. The van der Waals surface area contributed by atoms with Gasteiger partial charge in [0.2, 0.25) is 0 Å². The molecule has 4 heterocycles. The van der Waals surface area contributed by atoms with E-state index in [1.807, 2.05) is 0 Å². The first-order valence-corrected chi connectivity index (χ1v) is 5.79. The number of aliphatic hydroxyl groups is 2. The summed E-state index contributed by atoms with van der Waals surface area (Å²) in [4.78, 5) is 29.6. The fourth-order valence-electron chi connectivity index (χ4n) is 2.75. The molecule has 0 saturated carbocycles. The van der Waals surface area contributed by atoms with Gasteiger partial charge in [0.05, 0.1) is 12.9 Å². The molecular formula is C10H10N4O5. The Hall–Kier alpha value is -1.97. The highest BCUT2D eigenvalue weighted by molar-refractivity contribution is 5.70. The summed E-state index contributed by atoms with van der Waals surface area (Å²) in [6, 6.07) is 0. The lowest BCUT2D eigenvalue weighted by atomic mass is 10.1. The van der Waals surface area contributed by atoms with Gasteiger partial charge in [0.25, 0.3) is 5.56 Å². The lowest BCUT2D eigenvalue weighted by Gasteiger charge is -2.19. The number of ether oxygens (including phenoxy) is 1. The van der Waals surface area contributed by atoms with E-state index < -0.39 is 35.8 Å². The number of H-pyrrole nitrogens is 1. The predicted octanol–water partition coefficient (Wildman–Crippen LogP) is -2.48. The van der Waals surface area contributed by atoms with Crippen molar-refractivity contribution in [3.05, 3.63) is 27.2 Å². The molecule has 2 aromatic heterocycles. The number of imidazole rings is 1. The smallest absolute Gasteiger partial charge is 0.330 e. The summed E-state index contributed by atoms with van der Waals surface area (Å²) in [6.45, 7) is 0.0481. The number of aromatic nitrogens is 4. The van der Waals surface area contributed by atoms with E-state index in [0.29, 0.717) is 5.65 Å². The van der Waals surface area contributed by atoms with Gasteiger partial charge in [-0.25, -0.2) is 9.78 Å². The highest BCUT2D eigenvalue weighted by Gasteiger charge is 2.46. The Bertz CT molecular complexity index is 789. The van der Waals surface area contributed by atoms with Crippen LogP contribution in [0.15, 0.2) is 15.9 Å². The first kappa shape index (κ1) is 10.9. The molecule has 1 saturated heterocycles. The van der Waals surface area contributed by atoms with Crippen LogP contribution in [0, 0.1) is 0 Å². The van der Waals surface area contributed by atoms with Gasteiger partial charge in [-0.05, 0) is 0 Å². The number of aromatic amines is 1. The number of hydrogen-bond donors (Lipinski definition) is 3. The Morgan fingerprint density at radius 3 is 2.95 bits per heavy atom. The number of nitrogens with zero attached hydrogens (tertiary/aromatic N) is 3. The van der Waals surface area contributed by atoms with Crippen molar-refractivity contribution in [3.63, 3.8) is 0 Å². The Balaban J connectivity index is 2.13. The average Bonchev–Trinajstić information content (AvgIpc) is 2.85. The lowest BCUT2D eigenvalue weighted by Crippen LogP contribution is -2.40. The van der Waals surface area contributed by atoms with Crippen LogP contribution >= 0.6 is 0 Å². The number of rotatable bonds is 0. The maximum Gasteiger partial charge on any atom is 0.330 e. The van der Waals surface area contributed by atoms with Crippen LogP contribution in [0.3, 0.4) is 0 Å². The lowest BCUT2D eigenvalue weighted by molar-refractivity contribution is -0.0331. The average molecular weight is 266 g/mol. The van der Waals surface area contributed by atoms with Crippen LogP contribution in [0.5, 0.6) is 0 Å². The van der Waals surface area contributed by atoms with Crippen LogP contribution in [0.4, 0.5) is 0 Å². The Morgan fingerprint density at radius 2 is 2.16 bits per heavy atom. The fourth-order valence-corrected chi connectivity index (χ4v) is 2.75. The Labute approximate surface area is 104 Å². The molecular weight excluding hydrogens is 256 g/mol. The molecule has 0 aromatic carbocycles. The minimum Gasteiger partial charge on any atom is -0.387 e. The molecule has 0 spiro atoms. The van der Waals surface area contributed by atoms with Crippen LogP contribution in [-0.4, -0.2) is 47.6 Å². The van der Waals surface area contributed by atoms with E-state index in [1.165, 1.54) is 15.5 Å². The largest absolute Gasteiger partial charge is 0.387 e. The van der Waals surface area contributed by atoms with Crippen LogP contribution in [-0.2, 0) is 11.3 Å². The number of aliphatic hydroxyl groups excluding tert-OH is 2. The summed E-state index contributed by atoms with van der Waals surface area (Å²) in [7, 11) is 0. The molecule has 100 valence electrons. The second-order valence-corrected chi connectivity index (χ2v) is 4.74. The van der Waals surface area contributed by atoms with Gasteiger partial charge >= 0.3 is 5.69 Å². The van der Waals surface area contributed by atoms with Crippen molar-refractivity contribution in [3.8, 4) is 0 Å². The van der Waals surface area contributed by atoms with Gasteiger partial charge in [0.1, 0.15) is 18.3 Å². The van der Waals surface area contributed by atoms with E-state index in [2.05, 4.69) is 9.97 Å². The minimum atomic E-state index is -1.12. The quantitative estimate of drug-likeness (QED) is 0.485. The van der Waals surface area contributed by atoms with Crippen molar-refractivity contribution in [2.75, 3.05) is 0 Å². The third-order valence-corrected chi connectivity index (χ3v) is 3.68. The zero-order valence-corrected chi connectivity index (χ0v) is 9.55. The molecule has 4 rings (SSSR count). The number of fused-ring (bicyclic) bond motifs is 3. The third kappa shape index (κ3) is 1.21. The molecule has 2 bridgehead atoms. The van der Waals surface area contributed by atoms with Crippen LogP contribution < -0.4 is 11.2 Å². The molecule has 3 N–H and O–H groups in total. The fraction of sp³-hybridized carbons (Fsp3) is 0.500. The summed E-state index contributed by atoms with van der Waals surface area (Å²) >= 11 is 0. The zero-order chi connectivity index (χ0) is 13.3. The summed E-state index contributed by atoms with van der Waals surface area (Å²) < 4.78 is 8.22. The van der Waals surface area contributed by atoms with Crippen molar-refractivity contribution in [2.45, 2.75) is 31.1 Å². The van der Waals surface area contributed by atoms with Crippen molar-refractivity contribution in [1.29, 1.82) is 0 Å². The molecule has 0 radical (unpaired) electrons. The molecule has 9 heteroatoms.